The lowest BCUT2D eigenvalue weighted by Gasteiger charge is -2.27. The van der Waals surface area contributed by atoms with E-state index in [-0.39, 0.29) is 24.0 Å². The van der Waals surface area contributed by atoms with E-state index in [0.717, 1.165) is 31.1 Å². The molecule has 0 saturated carbocycles. The van der Waals surface area contributed by atoms with Gasteiger partial charge in [-0.2, -0.15) is 0 Å². The van der Waals surface area contributed by atoms with E-state index in [1.165, 1.54) is 12.8 Å². The number of halogens is 1. The predicted octanol–water partition coefficient (Wildman–Crippen LogP) is 2.38. The van der Waals surface area contributed by atoms with Crippen molar-refractivity contribution in [3.63, 3.8) is 0 Å². The van der Waals surface area contributed by atoms with Crippen molar-refractivity contribution in [2.45, 2.75) is 12.8 Å². The van der Waals surface area contributed by atoms with Crippen molar-refractivity contribution in [3.8, 4) is 5.75 Å². The van der Waals surface area contributed by atoms with E-state index in [1.54, 1.807) is 7.11 Å². The first-order chi connectivity index (χ1) is 9.69. The summed E-state index contributed by atoms with van der Waals surface area (Å²) < 4.78 is 5.27. The number of guanidine groups is 1. The van der Waals surface area contributed by atoms with Crippen LogP contribution in [0, 0.1) is 5.92 Å². The zero-order valence-corrected chi connectivity index (χ0v) is 15.0. The number of nitrogens with zero attached hydrogens (tertiary/aromatic N) is 2. The number of rotatable bonds is 4. The molecule has 0 bridgehead atoms. The molecule has 0 amide bonds. The van der Waals surface area contributed by atoms with Gasteiger partial charge in [-0.1, -0.05) is 12.1 Å². The third-order valence-electron chi connectivity index (χ3n) is 3.73. The highest BCUT2D eigenvalue weighted by atomic mass is 127. The minimum absolute atomic E-state index is 0. The largest absolute Gasteiger partial charge is 0.495 e. The minimum atomic E-state index is 0. The van der Waals surface area contributed by atoms with Gasteiger partial charge in [0, 0.05) is 6.54 Å². The number of likely N-dealkylation sites (tertiary alicyclic amines) is 1. The van der Waals surface area contributed by atoms with Gasteiger partial charge in [0.05, 0.1) is 12.8 Å². The number of benzene rings is 1. The van der Waals surface area contributed by atoms with Crippen LogP contribution in [0.4, 0.5) is 5.69 Å². The molecule has 0 aliphatic carbocycles. The monoisotopic (exact) mass is 404 g/mol. The molecule has 1 aliphatic rings. The van der Waals surface area contributed by atoms with Gasteiger partial charge in [-0.25, -0.2) is 0 Å². The summed E-state index contributed by atoms with van der Waals surface area (Å²) in [5.74, 6) is 1.86. The van der Waals surface area contributed by atoms with Crippen molar-refractivity contribution in [2.75, 3.05) is 39.1 Å². The molecule has 5 nitrogen and oxygen atoms in total. The van der Waals surface area contributed by atoms with E-state index >= 15 is 0 Å². The Bertz CT molecular complexity index is 459. The number of para-hydroxylation sites is 2. The number of methoxy groups -OCH3 is 1. The Morgan fingerprint density at radius 1 is 1.38 bits per heavy atom. The van der Waals surface area contributed by atoms with E-state index in [2.05, 4.69) is 22.3 Å². The van der Waals surface area contributed by atoms with Gasteiger partial charge in [0.2, 0.25) is 0 Å². The molecule has 1 aromatic rings. The van der Waals surface area contributed by atoms with Crippen LogP contribution in [0.15, 0.2) is 29.3 Å². The van der Waals surface area contributed by atoms with Crippen molar-refractivity contribution in [2.24, 2.45) is 16.6 Å². The van der Waals surface area contributed by atoms with E-state index in [4.69, 9.17) is 10.5 Å². The number of piperidine rings is 1. The molecule has 118 valence electrons. The number of nitrogens with two attached hydrogens (primary N) is 1. The van der Waals surface area contributed by atoms with Gasteiger partial charge >= 0.3 is 0 Å². The predicted molar refractivity (Wildman–Crippen MR) is 98.7 cm³/mol. The molecule has 1 saturated heterocycles. The van der Waals surface area contributed by atoms with E-state index in [0.29, 0.717) is 11.9 Å². The summed E-state index contributed by atoms with van der Waals surface area (Å²) >= 11 is 0. The highest BCUT2D eigenvalue weighted by Crippen LogP contribution is 2.22. The van der Waals surface area contributed by atoms with Crippen LogP contribution in [0.1, 0.15) is 12.8 Å². The maximum absolute atomic E-state index is 5.95. The van der Waals surface area contributed by atoms with Crippen LogP contribution in [0.2, 0.25) is 0 Å². The number of hydrogen-bond acceptors (Lipinski definition) is 3. The number of hydrogen-bond donors (Lipinski definition) is 2. The van der Waals surface area contributed by atoms with Gasteiger partial charge in [0.25, 0.3) is 0 Å². The van der Waals surface area contributed by atoms with Crippen molar-refractivity contribution < 1.29 is 4.74 Å². The average Bonchev–Trinajstić information content (AvgIpc) is 2.47. The van der Waals surface area contributed by atoms with E-state index < -0.39 is 0 Å². The summed E-state index contributed by atoms with van der Waals surface area (Å²) in [7, 11) is 3.81. The number of aliphatic imine (C=N–C) groups is 1. The standard InChI is InChI=1S/C15H24N4O.HI/c1-19-9-7-12(8-10-19)11-17-15(16)18-13-5-3-4-6-14(13)20-2;/h3-6,12H,7-11H2,1-2H3,(H3,16,17,18);1H. The molecule has 0 aromatic heterocycles. The first-order valence-corrected chi connectivity index (χ1v) is 7.07. The van der Waals surface area contributed by atoms with Crippen LogP contribution >= 0.6 is 24.0 Å². The fourth-order valence-electron chi connectivity index (χ4n) is 2.40. The van der Waals surface area contributed by atoms with Gasteiger partial charge in [0.15, 0.2) is 5.96 Å². The smallest absolute Gasteiger partial charge is 0.193 e. The second-order valence-corrected chi connectivity index (χ2v) is 5.30. The zero-order valence-electron chi connectivity index (χ0n) is 12.7. The topological polar surface area (TPSA) is 62.9 Å². The quantitative estimate of drug-likeness (QED) is 0.460. The van der Waals surface area contributed by atoms with Crippen LogP contribution < -0.4 is 15.8 Å². The van der Waals surface area contributed by atoms with Crippen molar-refractivity contribution in [1.29, 1.82) is 0 Å². The molecular formula is C15H25IN4O. The number of ether oxygens (including phenoxy) is 1. The Morgan fingerprint density at radius 2 is 2.05 bits per heavy atom. The highest BCUT2D eigenvalue weighted by Gasteiger charge is 2.16. The number of nitrogens with one attached hydrogen (secondary N) is 1. The third kappa shape index (κ3) is 5.70. The third-order valence-corrected chi connectivity index (χ3v) is 3.73. The van der Waals surface area contributed by atoms with Gasteiger partial charge in [-0.15, -0.1) is 24.0 Å². The highest BCUT2D eigenvalue weighted by molar-refractivity contribution is 14.0. The lowest BCUT2D eigenvalue weighted by molar-refractivity contribution is 0.224. The molecule has 3 N–H and O–H groups in total. The fourth-order valence-corrected chi connectivity index (χ4v) is 2.40. The normalized spacial score (nSPS) is 17.1. The van der Waals surface area contributed by atoms with Crippen LogP contribution in [-0.2, 0) is 0 Å². The Labute approximate surface area is 144 Å². The van der Waals surface area contributed by atoms with E-state index in [9.17, 15) is 0 Å². The maximum atomic E-state index is 5.95. The molecule has 1 fully saturated rings. The second-order valence-electron chi connectivity index (χ2n) is 5.30. The molecule has 0 atom stereocenters. The molecule has 0 spiro atoms. The zero-order chi connectivity index (χ0) is 14.4. The second kappa shape index (κ2) is 9.09. The lowest BCUT2D eigenvalue weighted by Crippen LogP contribution is -2.32. The summed E-state index contributed by atoms with van der Waals surface area (Å²) in [6, 6.07) is 7.69. The molecule has 1 aromatic carbocycles. The Morgan fingerprint density at radius 3 is 2.71 bits per heavy atom. The van der Waals surface area contributed by atoms with Gasteiger partial charge in [-0.05, 0) is 51.0 Å². The molecule has 21 heavy (non-hydrogen) atoms. The molecule has 0 unspecified atom stereocenters. The Kier molecular flexibility index (Phi) is 7.81. The van der Waals surface area contributed by atoms with Crippen molar-refractivity contribution in [3.05, 3.63) is 24.3 Å². The number of anilines is 1. The molecular weight excluding hydrogens is 379 g/mol. The molecule has 0 radical (unpaired) electrons. The Hall–Kier alpha value is -1.02. The van der Waals surface area contributed by atoms with Crippen molar-refractivity contribution >= 4 is 35.6 Å². The van der Waals surface area contributed by atoms with Gasteiger partial charge in [0.1, 0.15) is 5.75 Å². The van der Waals surface area contributed by atoms with Crippen molar-refractivity contribution in [1.82, 2.24) is 4.90 Å². The Balaban J connectivity index is 0.00000220. The summed E-state index contributed by atoms with van der Waals surface area (Å²) in [5.41, 5.74) is 6.79. The van der Waals surface area contributed by atoms with Crippen LogP contribution in [0.25, 0.3) is 0 Å². The van der Waals surface area contributed by atoms with Gasteiger partial charge in [-0.3, -0.25) is 4.99 Å². The SMILES string of the molecule is COc1ccccc1NC(N)=NCC1CCN(C)CC1.I. The lowest BCUT2D eigenvalue weighted by atomic mass is 9.97. The summed E-state index contributed by atoms with van der Waals surface area (Å²) in [4.78, 5) is 6.81. The minimum Gasteiger partial charge on any atom is -0.495 e. The summed E-state index contributed by atoms with van der Waals surface area (Å²) in [6.45, 7) is 3.10. The molecule has 6 heteroatoms. The first kappa shape index (κ1) is 18.0. The maximum Gasteiger partial charge on any atom is 0.193 e. The molecule has 1 aliphatic heterocycles. The fraction of sp³-hybridized carbons (Fsp3) is 0.533. The molecule has 2 rings (SSSR count). The summed E-state index contributed by atoms with van der Waals surface area (Å²) in [6.07, 6.45) is 2.39. The summed E-state index contributed by atoms with van der Waals surface area (Å²) in [5, 5.41) is 3.10. The average molecular weight is 404 g/mol. The van der Waals surface area contributed by atoms with E-state index in [1.807, 2.05) is 24.3 Å². The molecule has 1 heterocycles. The van der Waals surface area contributed by atoms with Crippen LogP contribution in [0.5, 0.6) is 5.75 Å². The van der Waals surface area contributed by atoms with Gasteiger partial charge < -0.3 is 20.7 Å². The van der Waals surface area contributed by atoms with Crippen LogP contribution in [-0.4, -0.2) is 44.7 Å². The van der Waals surface area contributed by atoms with Crippen LogP contribution in [0.3, 0.4) is 0 Å². The first-order valence-electron chi connectivity index (χ1n) is 7.07.